The summed E-state index contributed by atoms with van der Waals surface area (Å²) in [5.41, 5.74) is 3.65. The van der Waals surface area contributed by atoms with Gasteiger partial charge >= 0.3 is 0 Å². The first-order valence-corrected chi connectivity index (χ1v) is 11.4. The molecular formula is C26H34F2N2O. The first-order chi connectivity index (χ1) is 14.9. The van der Waals surface area contributed by atoms with Crippen molar-refractivity contribution in [1.29, 1.82) is 0 Å². The fraction of sp³-hybridized carbons (Fsp3) is 0.500. The van der Waals surface area contributed by atoms with Gasteiger partial charge in [0.15, 0.2) is 0 Å². The van der Waals surface area contributed by atoms with E-state index in [-0.39, 0.29) is 23.9 Å². The molecule has 31 heavy (non-hydrogen) atoms. The molecule has 0 bridgehead atoms. The number of benzene rings is 2. The van der Waals surface area contributed by atoms with Crippen LogP contribution in [-0.4, -0.2) is 41.9 Å². The fourth-order valence-corrected chi connectivity index (χ4v) is 4.82. The average molecular weight is 429 g/mol. The normalized spacial score (nSPS) is 15.6. The molecule has 168 valence electrons. The smallest absolute Gasteiger partial charge is 0.220 e. The lowest BCUT2D eigenvalue weighted by atomic mass is 9.93. The van der Waals surface area contributed by atoms with Gasteiger partial charge in [0.05, 0.1) is 6.04 Å². The van der Waals surface area contributed by atoms with E-state index < -0.39 is 11.6 Å². The van der Waals surface area contributed by atoms with Gasteiger partial charge in [-0.2, -0.15) is 0 Å². The van der Waals surface area contributed by atoms with Crippen molar-refractivity contribution in [2.75, 3.05) is 26.2 Å². The highest BCUT2D eigenvalue weighted by Gasteiger charge is 2.28. The van der Waals surface area contributed by atoms with Crippen molar-refractivity contribution in [2.45, 2.75) is 58.9 Å². The first-order valence-electron chi connectivity index (χ1n) is 11.4. The summed E-state index contributed by atoms with van der Waals surface area (Å²) in [6.45, 7) is 9.15. The van der Waals surface area contributed by atoms with Gasteiger partial charge in [0.1, 0.15) is 11.6 Å². The van der Waals surface area contributed by atoms with E-state index in [1.54, 1.807) is 6.92 Å². The van der Waals surface area contributed by atoms with Gasteiger partial charge in [0, 0.05) is 25.6 Å². The number of nitrogens with zero attached hydrogens (tertiary/aromatic N) is 2. The number of rotatable bonds is 8. The van der Waals surface area contributed by atoms with Crippen LogP contribution in [0.1, 0.15) is 60.9 Å². The lowest BCUT2D eigenvalue weighted by Gasteiger charge is -2.38. The van der Waals surface area contributed by atoms with E-state index >= 15 is 0 Å². The van der Waals surface area contributed by atoms with Crippen molar-refractivity contribution in [2.24, 2.45) is 0 Å². The lowest BCUT2D eigenvalue weighted by molar-refractivity contribution is -0.132. The average Bonchev–Trinajstić information content (AvgIpc) is 2.73. The first kappa shape index (κ1) is 23.4. The van der Waals surface area contributed by atoms with Gasteiger partial charge < -0.3 is 9.80 Å². The van der Waals surface area contributed by atoms with Crippen LogP contribution in [0.5, 0.6) is 0 Å². The molecule has 0 radical (unpaired) electrons. The molecule has 0 N–H and O–H groups in total. The summed E-state index contributed by atoms with van der Waals surface area (Å²) < 4.78 is 28.1. The molecule has 0 aromatic heterocycles. The number of aryl methyl sites for hydroxylation is 2. The Bertz CT molecular complexity index is 852. The van der Waals surface area contributed by atoms with E-state index in [9.17, 15) is 13.6 Å². The highest BCUT2D eigenvalue weighted by molar-refractivity contribution is 5.74. The van der Waals surface area contributed by atoms with E-state index in [1.165, 1.54) is 54.2 Å². The Morgan fingerprint density at radius 1 is 1.00 bits per heavy atom. The van der Waals surface area contributed by atoms with Crippen LogP contribution in [0.15, 0.2) is 36.4 Å². The van der Waals surface area contributed by atoms with Crippen molar-refractivity contribution in [3.63, 3.8) is 0 Å². The lowest BCUT2D eigenvalue weighted by Crippen LogP contribution is -2.43. The zero-order valence-corrected chi connectivity index (χ0v) is 19.0. The summed E-state index contributed by atoms with van der Waals surface area (Å²) in [5, 5.41) is 0. The van der Waals surface area contributed by atoms with Gasteiger partial charge in [-0.3, -0.25) is 4.79 Å². The Kier molecular flexibility index (Phi) is 8.19. The zero-order chi connectivity index (χ0) is 22.4. The number of halogens is 2. The summed E-state index contributed by atoms with van der Waals surface area (Å²) in [7, 11) is 0. The Hall–Kier alpha value is -2.27. The minimum absolute atomic E-state index is 0.00123. The third-order valence-corrected chi connectivity index (χ3v) is 6.42. The Morgan fingerprint density at radius 2 is 1.58 bits per heavy atom. The predicted octanol–water partition coefficient (Wildman–Crippen LogP) is 5.59. The third-order valence-electron chi connectivity index (χ3n) is 6.42. The summed E-state index contributed by atoms with van der Waals surface area (Å²) in [4.78, 5) is 17.1. The number of carbonyl (C=O) groups excluding carboxylic acids is 1. The molecule has 3 rings (SSSR count). The number of carbonyl (C=O) groups is 1. The molecule has 1 fully saturated rings. The van der Waals surface area contributed by atoms with Crippen molar-refractivity contribution in [1.82, 2.24) is 9.80 Å². The molecule has 1 unspecified atom stereocenters. The molecule has 0 saturated carbocycles. The Balaban J connectivity index is 1.83. The maximum Gasteiger partial charge on any atom is 0.220 e. The SMILES string of the molecule is CC(=O)N(CCCc1c(F)cccc1F)C(CN1CCCCC1)c1c(C)cccc1C. The van der Waals surface area contributed by atoms with Crippen LogP contribution in [0.4, 0.5) is 8.78 Å². The largest absolute Gasteiger partial charge is 0.335 e. The van der Waals surface area contributed by atoms with E-state index in [2.05, 4.69) is 30.9 Å². The summed E-state index contributed by atoms with van der Waals surface area (Å²) in [5.74, 6) is -1.04. The van der Waals surface area contributed by atoms with Crippen LogP contribution in [0.2, 0.25) is 0 Å². The van der Waals surface area contributed by atoms with Gasteiger partial charge in [0.2, 0.25) is 5.91 Å². The van der Waals surface area contributed by atoms with Gasteiger partial charge in [0.25, 0.3) is 0 Å². The van der Waals surface area contributed by atoms with Crippen LogP contribution >= 0.6 is 0 Å². The topological polar surface area (TPSA) is 23.6 Å². The molecule has 2 aromatic carbocycles. The van der Waals surface area contributed by atoms with E-state index in [4.69, 9.17) is 0 Å². The number of amides is 1. The molecule has 0 aliphatic carbocycles. The summed E-state index contributed by atoms with van der Waals surface area (Å²) >= 11 is 0. The molecule has 0 spiro atoms. The number of hydrogen-bond acceptors (Lipinski definition) is 2. The van der Waals surface area contributed by atoms with Crippen LogP contribution in [-0.2, 0) is 11.2 Å². The number of piperidine rings is 1. The fourth-order valence-electron chi connectivity index (χ4n) is 4.82. The summed E-state index contributed by atoms with van der Waals surface area (Å²) in [6.07, 6.45) is 4.41. The Morgan fingerprint density at radius 3 is 2.16 bits per heavy atom. The molecule has 1 atom stereocenters. The molecule has 3 nitrogen and oxygen atoms in total. The van der Waals surface area contributed by atoms with Crippen molar-refractivity contribution in [3.05, 3.63) is 70.3 Å². The monoisotopic (exact) mass is 428 g/mol. The maximum absolute atomic E-state index is 14.0. The van der Waals surface area contributed by atoms with Crippen molar-refractivity contribution in [3.8, 4) is 0 Å². The van der Waals surface area contributed by atoms with E-state index in [0.29, 0.717) is 13.0 Å². The standard InChI is InChI=1S/C26H34F2N2O/c1-19-10-7-11-20(2)26(19)25(18-29-15-5-4-6-16-29)30(21(3)31)17-9-12-22-23(27)13-8-14-24(22)28/h7-8,10-11,13-14,25H,4-6,9,12,15-18H2,1-3H3. The molecule has 1 aliphatic heterocycles. The van der Waals surface area contributed by atoms with Gasteiger partial charge in [-0.05, 0) is 81.4 Å². The van der Waals surface area contributed by atoms with Crippen LogP contribution in [0.25, 0.3) is 0 Å². The third kappa shape index (κ3) is 5.91. The predicted molar refractivity (Wildman–Crippen MR) is 121 cm³/mol. The number of hydrogen-bond donors (Lipinski definition) is 0. The second-order valence-electron chi connectivity index (χ2n) is 8.70. The highest BCUT2D eigenvalue weighted by Crippen LogP contribution is 2.30. The van der Waals surface area contributed by atoms with Gasteiger partial charge in [-0.15, -0.1) is 0 Å². The second kappa shape index (κ2) is 10.9. The second-order valence-corrected chi connectivity index (χ2v) is 8.70. The molecular weight excluding hydrogens is 394 g/mol. The minimum Gasteiger partial charge on any atom is -0.335 e. The minimum atomic E-state index is -0.519. The van der Waals surface area contributed by atoms with Gasteiger partial charge in [-0.1, -0.05) is 30.7 Å². The maximum atomic E-state index is 14.0. The number of likely N-dealkylation sites (tertiary alicyclic amines) is 1. The van der Waals surface area contributed by atoms with Crippen molar-refractivity contribution < 1.29 is 13.6 Å². The molecule has 1 aliphatic rings. The molecule has 2 aromatic rings. The quantitative estimate of drug-likeness (QED) is 0.547. The molecule has 5 heteroatoms. The zero-order valence-electron chi connectivity index (χ0n) is 19.0. The molecule has 1 saturated heterocycles. The highest BCUT2D eigenvalue weighted by atomic mass is 19.1. The summed E-state index contributed by atoms with van der Waals surface area (Å²) in [6, 6.07) is 10.1. The van der Waals surface area contributed by atoms with Crippen LogP contribution in [0.3, 0.4) is 0 Å². The molecule has 1 heterocycles. The van der Waals surface area contributed by atoms with E-state index in [1.807, 2.05) is 11.0 Å². The van der Waals surface area contributed by atoms with Gasteiger partial charge in [-0.25, -0.2) is 8.78 Å². The Labute approximate surface area is 185 Å². The van der Waals surface area contributed by atoms with Crippen molar-refractivity contribution >= 4 is 5.91 Å². The van der Waals surface area contributed by atoms with Crippen LogP contribution in [0, 0.1) is 25.5 Å². The van der Waals surface area contributed by atoms with Crippen LogP contribution < -0.4 is 0 Å². The van der Waals surface area contributed by atoms with E-state index in [0.717, 1.165) is 19.6 Å². The molecule has 1 amide bonds.